The van der Waals surface area contributed by atoms with Gasteiger partial charge in [0.1, 0.15) is 17.2 Å². The molecule has 2 N–H and O–H groups in total. The van der Waals surface area contributed by atoms with Crippen LogP contribution in [-0.2, 0) is 9.59 Å². The van der Waals surface area contributed by atoms with Gasteiger partial charge in [-0.2, -0.15) is 0 Å². The Hall–Kier alpha value is -4.06. The van der Waals surface area contributed by atoms with E-state index in [0.29, 0.717) is 17.1 Å². The van der Waals surface area contributed by atoms with Crippen molar-refractivity contribution in [3.8, 4) is 11.5 Å². The summed E-state index contributed by atoms with van der Waals surface area (Å²) in [6.07, 6.45) is 1.74. The molecule has 0 bridgehead atoms. The first-order chi connectivity index (χ1) is 14.6. The minimum absolute atomic E-state index is 0.122. The maximum absolute atomic E-state index is 12.7. The minimum atomic E-state index is -0.321. The molecule has 0 fully saturated rings. The lowest BCUT2D eigenvalue weighted by atomic mass is 10.1. The Bertz CT molecular complexity index is 1090. The standard InChI is InChI=1S/C24H21N3O3/c1-17-7-5-6-10-22(17)27-23(28)16-15-21(26-27)24(29)25-18-11-13-20(14-12-18)30-19-8-3-2-4-9-19/h2-15,26H,16H2,1H3,(H,25,29). The third-order valence-corrected chi connectivity index (χ3v) is 4.65. The van der Waals surface area contributed by atoms with Gasteiger partial charge in [0.15, 0.2) is 0 Å². The summed E-state index contributed by atoms with van der Waals surface area (Å²) in [5, 5.41) is 4.26. The molecule has 3 aromatic carbocycles. The number of anilines is 2. The Labute approximate surface area is 174 Å². The van der Waals surface area contributed by atoms with Crippen molar-refractivity contribution >= 4 is 23.2 Å². The molecule has 6 heteroatoms. The fourth-order valence-electron chi connectivity index (χ4n) is 3.09. The predicted molar refractivity (Wildman–Crippen MR) is 116 cm³/mol. The monoisotopic (exact) mass is 399 g/mol. The third kappa shape index (κ3) is 4.33. The largest absolute Gasteiger partial charge is 0.457 e. The smallest absolute Gasteiger partial charge is 0.273 e. The van der Waals surface area contributed by atoms with Gasteiger partial charge in [0.05, 0.1) is 5.69 Å². The number of ether oxygens (including phenoxy) is 1. The summed E-state index contributed by atoms with van der Waals surface area (Å²) in [4.78, 5) is 25.0. The number of para-hydroxylation sites is 2. The van der Waals surface area contributed by atoms with E-state index in [1.807, 2.05) is 61.5 Å². The normalized spacial score (nSPS) is 13.3. The number of hydrogen-bond acceptors (Lipinski definition) is 4. The fourth-order valence-corrected chi connectivity index (χ4v) is 3.09. The van der Waals surface area contributed by atoms with E-state index in [1.54, 1.807) is 30.3 Å². The second-order valence-electron chi connectivity index (χ2n) is 6.84. The first-order valence-corrected chi connectivity index (χ1v) is 9.60. The van der Waals surface area contributed by atoms with Crippen LogP contribution in [0.5, 0.6) is 11.5 Å². The van der Waals surface area contributed by atoms with Crippen LogP contribution in [0.25, 0.3) is 0 Å². The highest BCUT2D eigenvalue weighted by atomic mass is 16.5. The van der Waals surface area contributed by atoms with Gasteiger partial charge in [-0.3, -0.25) is 15.0 Å². The number of aryl methyl sites for hydroxylation is 1. The average Bonchev–Trinajstić information content (AvgIpc) is 2.77. The van der Waals surface area contributed by atoms with Crippen LogP contribution in [0.2, 0.25) is 0 Å². The summed E-state index contributed by atoms with van der Waals surface area (Å²) < 4.78 is 5.76. The molecule has 0 saturated heterocycles. The molecular weight excluding hydrogens is 378 g/mol. The SMILES string of the molecule is Cc1ccccc1N1NC(C(=O)Nc2ccc(Oc3ccccc3)cc2)=CCC1=O. The van der Waals surface area contributed by atoms with Crippen LogP contribution in [0.3, 0.4) is 0 Å². The molecule has 1 heterocycles. The zero-order chi connectivity index (χ0) is 20.9. The number of nitrogens with zero attached hydrogens (tertiary/aromatic N) is 1. The molecule has 3 aromatic rings. The lowest BCUT2D eigenvalue weighted by Gasteiger charge is -2.29. The molecule has 0 radical (unpaired) electrons. The van der Waals surface area contributed by atoms with Crippen molar-refractivity contribution in [3.05, 3.63) is 96.2 Å². The highest BCUT2D eigenvalue weighted by Crippen LogP contribution is 2.24. The average molecular weight is 399 g/mol. The molecule has 2 amide bonds. The lowest BCUT2D eigenvalue weighted by Crippen LogP contribution is -2.48. The number of carbonyl (C=O) groups is 2. The van der Waals surface area contributed by atoms with Crippen molar-refractivity contribution in [1.29, 1.82) is 0 Å². The molecule has 6 nitrogen and oxygen atoms in total. The Kier molecular flexibility index (Phi) is 5.48. The maximum Gasteiger partial charge on any atom is 0.273 e. The fraction of sp³-hybridized carbons (Fsp3) is 0.0833. The molecule has 0 unspecified atom stereocenters. The molecule has 0 aromatic heterocycles. The quantitative estimate of drug-likeness (QED) is 0.660. The van der Waals surface area contributed by atoms with Gasteiger partial charge in [0.25, 0.3) is 5.91 Å². The topological polar surface area (TPSA) is 70.7 Å². The van der Waals surface area contributed by atoms with Crippen LogP contribution < -0.4 is 20.5 Å². The van der Waals surface area contributed by atoms with Crippen molar-refractivity contribution in [2.24, 2.45) is 0 Å². The van der Waals surface area contributed by atoms with Crippen molar-refractivity contribution in [1.82, 2.24) is 5.43 Å². The summed E-state index contributed by atoms with van der Waals surface area (Å²) in [5.74, 6) is 0.971. The Morgan fingerprint density at radius 2 is 1.60 bits per heavy atom. The summed E-state index contributed by atoms with van der Waals surface area (Å²) in [5.41, 5.74) is 5.55. The number of hydrazine groups is 1. The highest BCUT2D eigenvalue weighted by Gasteiger charge is 2.25. The lowest BCUT2D eigenvalue weighted by molar-refractivity contribution is -0.119. The van der Waals surface area contributed by atoms with Crippen LogP contribution >= 0.6 is 0 Å². The second-order valence-corrected chi connectivity index (χ2v) is 6.84. The van der Waals surface area contributed by atoms with Crippen LogP contribution in [0.4, 0.5) is 11.4 Å². The number of amides is 2. The van der Waals surface area contributed by atoms with Gasteiger partial charge in [0, 0.05) is 12.1 Å². The van der Waals surface area contributed by atoms with Crippen molar-refractivity contribution in [3.63, 3.8) is 0 Å². The van der Waals surface area contributed by atoms with Gasteiger partial charge in [-0.15, -0.1) is 0 Å². The van der Waals surface area contributed by atoms with Crippen molar-refractivity contribution in [2.45, 2.75) is 13.3 Å². The molecule has 150 valence electrons. The number of rotatable bonds is 5. The Balaban J connectivity index is 1.42. The van der Waals surface area contributed by atoms with E-state index in [2.05, 4.69) is 10.7 Å². The highest BCUT2D eigenvalue weighted by molar-refractivity contribution is 6.06. The van der Waals surface area contributed by atoms with Gasteiger partial charge in [-0.1, -0.05) is 36.4 Å². The van der Waals surface area contributed by atoms with Crippen molar-refractivity contribution < 1.29 is 14.3 Å². The predicted octanol–water partition coefficient (Wildman–Crippen LogP) is 4.55. The molecule has 1 aliphatic rings. The zero-order valence-electron chi connectivity index (χ0n) is 16.5. The summed E-state index contributed by atoms with van der Waals surface area (Å²) >= 11 is 0. The minimum Gasteiger partial charge on any atom is -0.457 e. The molecule has 30 heavy (non-hydrogen) atoms. The van der Waals surface area contributed by atoms with Crippen LogP contribution in [0.15, 0.2) is 90.6 Å². The molecule has 0 atom stereocenters. The second kappa shape index (κ2) is 8.53. The van der Waals surface area contributed by atoms with Gasteiger partial charge < -0.3 is 10.1 Å². The van der Waals surface area contributed by atoms with Gasteiger partial charge in [-0.25, -0.2) is 5.01 Å². The number of benzene rings is 3. The summed E-state index contributed by atoms with van der Waals surface area (Å²) in [6.45, 7) is 1.92. The third-order valence-electron chi connectivity index (χ3n) is 4.65. The van der Waals surface area contributed by atoms with Crippen molar-refractivity contribution in [2.75, 3.05) is 10.3 Å². The van der Waals surface area contributed by atoms with E-state index in [0.717, 1.165) is 17.0 Å². The van der Waals surface area contributed by atoms with E-state index in [9.17, 15) is 9.59 Å². The van der Waals surface area contributed by atoms with Gasteiger partial charge in [0.2, 0.25) is 5.91 Å². The van der Waals surface area contributed by atoms with Crippen LogP contribution in [0, 0.1) is 6.92 Å². The summed E-state index contributed by atoms with van der Waals surface area (Å²) in [7, 11) is 0. The molecule has 4 rings (SSSR count). The van der Waals surface area contributed by atoms with Gasteiger partial charge in [-0.05, 0) is 61.0 Å². The zero-order valence-corrected chi connectivity index (χ0v) is 16.5. The molecule has 0 spiro atoms. The molecular formula is C24H21N3O3. The maximum atomic E-state index is 12.7. The van der Waals surface area contributed by atoms with E-state index >= 15 is 0 Å². The first kappa shape index (κ1) is 19.3. The number of nitrogens with one attached hydrogen (secondary N) is 2. The Morgan fingerprint density at radius 3 is 2.33 bits per heavy atom. The van der Waals surface area contributed by atoms with E-state index < -0.39 is 0 Å². The molecule has 0 saturated carbocycles. The number of carbonyl (C=O) groups excluding carboxylic acids is 2. The van der Waals surface area contributed by atoms with E-state index in [-0.39, 0.29) is 18.2 Å². The van der Waals surface area contributed by atoms with Crippen LogP contribution in [-0.4, -0.2) is 11.8 Å². The van der Waals surface area contributed by atoms with E-state index in [1.165, 1.54) is 5.01 Å². The molecule has 0 aliphatic carbocycles. The van der Waals surface area contributed by atoms with Crippen LogP contribution in [0.1, 0.15) is 12.0 Å². The van der Waals surface area contributed by atoms with Gasteiger partial charge >= 0.3 is 0 Å². The number of hydrogen-bond donors (Lipinski definition) is 2. The first-order valence-electron chi connectivity index (χ1n) is 9.60. The molecule has 1 aliphatic heterocycles. The Morgan fingerprint density at radius 1 is 0.933 bits per heavy atom. The summed E-state index contributed by atoms with van der Waals surface area (Å²) in [6, 6.07) is 24.1. The van der Waals surface area contributed by atoms with E-state index in [4.69, 9.17) is 4.74 Å².